The second-order valence-electron chi connectivity index (χ2n) is 3.78. The molecule has 1 unspecified atom stereocenters. The molecule has 0 aliphatic rings. The first kappa shape index (κ1) is 15.6. The number of rotatable bonds is 4. The molecule has 0 spiro atoms. The molecule has 0 aliphatic heterocycles. The Balaban J connectivity index is 2.59. The number of hydrogen-bond donors (Lipinski definition) is 1. The normalized spacial score (nSPS) is 11.8. The molecule has 19 heavy (non-hydrogen) atoms. The van der Waals surface area contributed by atoms with E-state index in [1.165, 1.54) is 6.92 Å². The quantitative estimate of drug-likeness (QED) is 0.670. The van der Waals surface area contributed by atoms with E-state index in [1.54, 1.807) is 25.1 Å². The topological polar surface area (TPSA) is 79.7 Å². The van der Waals surface area contributed by atoms with Crippen LogP contribution in [0.1, 0.15) is 32.1 Å². The van der Waals surface area contributed by atoms with Gasteiger partial charge in [0.15, 0.2) is 0 Å². The van der Waals surface area contributed by atoms with Crippen molar-refractivity contribution in [2.24, 2.45) is 0 Å². The van der Waals surface area contributed by atoms with E-state index in [4.69, 9.17) is 4.84 Å². The number of hydroxylamine groups is 2. The van der Waals surface area contributed by atoms with Crippen molar-refractivity contribution in [3.8, 4) is 0 Å². The van der Waals surface area contributed by atoms with E-state index in [2.05, 4.69) is 20.9 Å². The minimum atomic E-state index is -1.07. The number of amides is 1. The van der Waals surface area contributed by atoms with Crippen LogP contribution in [0.5, 0.6) is 0 Å². The summed E-state index contributed by atoms with van der Waals surface area (Å²) < 4.78 is 0.566. The van der Waals surface area contributed by atoms with Crippen molar-refractivity contribution in [3.63, 3.8) is 0 Å². The molecule has 0 radical (unpaired) electrons. The van der Waals surface area contributed by atoms with E-state index in [1.807, 2.05) is 0 Å². The Morgan fingerprint density at radius 2 is 2.21 bits per heavy atom. The van der Waals surface area contributed by atoms with Crippen molar-refractivity contribution in [3.05, 3.63) is 28.5 Å². The minimum absolute atomic E-state index is 0.256. The summed E-state index contributed by atoms with van der Waals surface area (Å²) in [6.07, 6.45) is -1.34. The van der Waals surface area contributed by atoms with E-state index in [-0.39, 0.29) is 18.9 Å². The number of aliphatic hydroxyl groups is 1. The third-order valence-corrected chi connectivity index (χ3v) is 2.73. The Bertz CT molecular complexity index is 467. The molecule has 0 saturated heterocycles. The van der Waals surface area contributed by atoms with Crippen molar-refractivity contribution >= 4 is 27.8 Å². The zero-order chi connectivity index (χ0) is 14.4. The van der Waals surface area contributed by atoms with Crippen LogP contribution in [-0.4, -0.2) is 33.6 Å². The summed E-state index contributed by atoms with van der Waals surface area (Å²) in [5.41, 5.74) is 0.359. The number of hydrogen-bond acceptors (Lipinski definition) is 5. The van der Waals surface area contributed by atoms with Gasteiger partial charge in [0.2, 0.25) is 0 Å². The van der Waals surface area contributed by atoms with E-state index in [9.17, 15) is 14.7 Å². The maximum absolute atomic E-state index is 11.6. The molecule has 0 aromatic carbocycles. The van der Waals surface area contributed by atoms with Crippen LogP contribution >= 0.6 is 15.9 Å². The molecule has 1 aromatic heterocycles. The Hall–Kier alpha value is -1.47. The first-order valence-corrected chi connectivity index (χ1v) is 6.52. The number of pyridine rings is 1. The summed E-state index contributed by atoms with van der Waals surface area (Å²) in [5, 5.41) is 10.8. The fraction of sp³-hybridized carbons (Fsp3) is 0.417. The van der Waals surface area contributed by atoms with Crippen LogP contribution < -0.4 is 0 Å². The lowest BCUT2D eigenvalue weighted by molar-refractivity contribution is -0.197. The van der Waals surface area contributed by atoms with Crippen molar-refractivity contribution in [1.29, 1.82) is 0 Å². The molecule has 1 amide bonds. The highest BCUT2D eigenvalue weighted by molar-refractivity contribution is 9.10. The lowest BCUT2D eigenvalue weighted by atomic mass is 10.2. The van der Waals surface area contributed by atoms with Gasteiger partial charge in [0, 0.05) is 6.92 Å². The molecule has 6 nitrogen and oxygen atoms in total. The van der Waals surface area contributed by atoms with Crippen LogP contribution in [-0.2, 0) is 14.4 Å². The first-order chi connectivity index (χ1) is 8.93. The summed E-state index contributed by atoms with van der Waals surface area (Å²) in [7, 11) is 0. The molecule has 1 N–H and O–H groups in total. The third kappa shape index (κ3) is 4.96. The van der Waals surface area contributed by atoms with Gasteiger partial charge in [-0.1, -0.05) is 6.07 Å². The molecule has 1 heterocycles. The summed E-state index contributed by atoms with van der Waals surface area (Å²) in [6.45, 7) is 3.23. The van der Waals surface area contributed by atoms with Crippen LogP contribution in [0.3, 0.4) is 0 Å². The SMILES string of the molecule is CCN(OC(=O)CC(O)c1cccc(Br)n1)C(C)=O. The van der Waals surface area contributed by atoms with Crippen molar-refractivity contribution in [1.82, 2.24) is 10.0 Å². The molecular formula is C12H15BrN2O4. The van der Waals surface area contributed by atoms with Crippen molar-refractivity contribution in [2.75, 3.05) is 6.54 Å². The van der Waals surface area contributed by atoms with Gasteiger partial charge in [-0.05, 0) is 35.0 Å². The van der Waals surface area contributed by atoms with Gasteiger partial charge in [-0.15, -0.1) is 0 Å². The van der Waals surface area contributed by atoms with Gasteiger partial charge in [-0.2, -0.15) is 5.06 Å². The number of aliphatic hydroxyl groups excluding tert-OH is 1. The van der Waals surface area contributed by atoms with E-state index in [0.29, 0.717) is 10.3 Å². The standard InChI is InChI=1S/C12H15BrN2O4/c1-3-15(8(2)16)19-12(18)7-10(17)9-5-4-6-11(13)14-9/h4-6,10,17H,3,7H2,1-2H3. The largest absolute Gasteiger partial charge is 0.386 e. The summed E-state index contributed by atoms with van der Waals surface area (Å²) in [4.78, 5) is 31.5. The van der Waals surface area contributed by atoms with Crippen LogP contribution in [0.4, 0.5) is 0 Å². The summed E-state index contributed by atoms with van der Waals surface area (Å²) >= 11 is 3.18. The molecule has 1 atom stereocenters. The van der Waals surface area contributed by atoms with Crippen LogP contribution in [0.2, 0.25) is 0 Å². The van der Waals surface area contributed by atoms with Crippen LogP contribution in [0.15, 0.2) is 22.8 Å². The second-order valence-corrected chi connectivity index (χ2v) is 4.59. The summed E-state index contributed by atoms with van der Waals surface area (Å²) in [5.74, 6) is -1.06. The average molecular weight is 331 g/mol. The van der Waals surface area contributed by atoms with Crippen molar-refractivity contribution < 1.29 is 19.5 Å². The molecule has 7 heteroatoms. The van der Waals surface area contributed by atoms with E-state index < -0.39 is 12.1 Å². The highest BCUT2D eigenvalue weighted by Gasteiger charge is 2.19. The molecule has 104 valence electrons. The third-order valence-electron chi connectivity index (χ3n) is 2.29. The highest BCUT2D eigenvalue weighted by atomic mass is 79.9. The number of carbonyl (C=O) groups excluding carboxylic acids is 2. The zero-order valence-corrected chi connectivity index (χ0v) is 12.3. The van der Waals surface area contributed by atoms with Gasteiger partial charge in [0.1, 0.15) is 10.7 Å². The molecule has 1 aromatic rings. The minimum Gasteiger partial charge on any atom is -0.386 e. The predicted molar refractivity (Wildman–Crippen MR) is 70.7 cm³/mol. The van der Waals surface area contributed by atoms with Crippen molar-refractivity contribution in [2.45, 2.75) is 26.4 Å². The second kappa shape index (κ2) is 7.20. The van der Waals surface area contributed by atoms with Gasteiger partial charge in [-0.25, -0.2) is 9.78 Å². The van der Waals surface area contributed by atoms with Gasteiger partial charge in [0.25, 0.3) is 5.91 Å². The molecule has 0 saturated carbocycles. The lowest BCUT2D eigenvalue weighted by Crippen LogP contribution is -2.32. The number of nitrogens with zero attached hydrogens (tertiary/aromatic N) is 2. The smallest absolute Gasteiger partial charge is 0.335 e. The first-order valence-electron chi connectivity index (χ1n) is 5.73. The molecule has 0 aliphatic carbocycles. The molecular weight excluding hydrogens is 316 g/mol. The zero-order valence-electron chi connectivity index (χ0n) is 10.7. The Morgan fingerprint density at radius 1 is 1.53 bits per heavy atom. The Labute approximate surface area is 119 Å². The number of halogens is 1. The fourth-order valence-electron chi connectivity index (χ4n) is 1.38. The van der Waals surface area contributed by atoms with Gasteiger partial charge < -0.3 is 9.94 Å². The van der Waals surface area contributed by atoms with Gasteiger partial charge in [-0.3, -0.25) is 4.79 Å². The maximum atomic E-state index is 11.6. The molecule has 0 fully saturated rings. The molecule has 1 rings (SSSR count). The van der Waals surface area contributed by atoms with Gasteiger partial charge >= 0.3 is 5.97 Å². The number of carbonyl (C=O) groups is 2. The van der Waals surface area contributed by atoms with E-state index in [0.717, 1.165) is 5.06 Å². The highest BCUT2D eigenvalue weighted by Crippen LogP contribution is 2.17. The van der Waals surface area contributed by atoms with E-state index >= 15 is 0 Å². The maximum Gasteiger partial charge on any atom is 0.335 e. The van der Waals surface area contributed by atoms with Crippen LogP contribution in [0, 0.1) is 0 Å². The number of aromatic nitrogens is 1. The predicted octanol–water partition coefficient (Wildman–Crippen LogP) is 1.59. The van der Waals surface area contributed by atoms with Gasteiger partial charge in [0.05, 0.1) is 18.7 Å². The monoisotopic (exact) mass is 330 g/mol. The molecule has 0 bridgehead atoms. The average Bonchev–Trinajstić information content (AvgIpc) is 2.35. The summed E-state index contributed by atoms with van der Waals surface area (Å²) in [6, 6.07) is 5.02. The Kier molecular flexibility index (Phi) is 5.91. The lowest BCUT2D eigenvalue weighted by Gasteiger charge is -2.18. The fourth-order valence-corrected chi connectivity index (χ4v) is 1.74. The Morgan fingerprint density at radius 3 is 2.74 bits per heavy atom. The van der Waals surface area contributed by atoms with Crippen LogP contribution in [0.25, 0.3) is 0 Å².